The summed E-state index contributed by atoms with van der Waals surface area (Å²) in [6.45, 7) is 4.86. The molecule has 0 N–H and O–H groups in total. The summed E-state index contributed by atoms with van der Waals surface area (Å²) in [4.78, 5) is 12.2. The molecule has 1 aromatic carbocycles. The SMILES string of the molecule is COCc1ccc(COC(=O)C2C(C=C(Cl)Cl)C2(C)C)cc1. The van der Waals surface area contributed by atoms with E-state index in [1.165, 1.54) is 0 Å². The highest BCUT2D eigenvalue weighted by Gasteiger charge is 2.61. The Morgan fingerprint density at radius 2 is 1.73 bits per heavy atom. The number of hydrogen-bond acceptors (Lipinski definition) is 3. The van der Waals surface area contributed by atoms with Crippen LogP contribution in [0, 0.1) is 17.3 Å². The molecule has 5 heteroatoms. The lowest BCUT2D eigenvalue weighted by Crippen LogP contribution is -2.10. The third-order valence-electron chi connectivity index (χ3n) is 4.19. The van der Waals surface area contributed by atoms with Gasteiger partial charge in [0.15, 0.2) is 0 Å². The number of rotatable bonds is 6. The Bertz CT molecular complexity index is 560. The van der Waals surface area contributed by atoms with Crippen molar-refractivity contribution in [3.8, 4) is 0 Å². The van der Waals surface area contributed by atoms with Crippen LogP contribution in [0.15, 0.2) is 34.8 Å². The maximum absolute atomic E-state index is 12.2. The molecule has 2 rings (SSSR count). The number of carbonyl (C=O) groups excluding carboxylic acids is 1. The summed E-state index contributed by atoms with van der Waals surface area (Å²) in [7, 11) is 1.66. The highest BCUT2D eigenvalue weighted by atomic mass is 35.5. The molecule has 0 spiro atoms. The molecule has 2 unspecified atom stereocenters. The molecule has 0 saturated heterocycles. The summed E-state index contributed by atoms with van der Waals surface area (Å²) in [5.41, 5.74) is 1.88. The monoisotopic (exact) mass is 342 g/mol. The van der Waals surface area contributed by atoms with Gasteiger partial charge in [0, 0.05) is 7.11 Å². The number of esters is 1. The van der Waals surface area contributed by atoms with Crippen LogP contribution in [-0.2, 0) is 27.5 Å². The molecule has 1 saturated carbocycles. The van der Waals surface area contributed by atoms with Crippen LogP contribution in [0.1, 0.15) is 25.0 Å². The van der Waals surface area contributed by atoms with E-state index in [9.17, 15) is 4.79 Å². The van der Waals surface area contributed by atoms with E-state index in [4.69, 9.17) is 32.7 Å². The third kappa shape index (κ3) is 4.03. The van der Waals surface area contributed by atoms with E-state index in [-0.39, 0.29) is 34.3 Å². The third-order valence-corrected chi connectivity index (χ3v) is 4.44. The zero-order valence-corrected chi connectivity index (χ0v) is 14.4. The van der Waals surface area contributed by atoms with Gasteiger partial charge in [-0.1, -0.05) is 61.3 Å². The Morgan fingerprint density at radius 3 is 2.23 bits per heavy atom. The lowest BCUT2D eigenvalue weighted by Gasteiger charge is -2.07. The summed E-state index contributed by atoms with van der Waals surface area (Å²) in [5, 5.41) is 0. The predicted octanol–water partition coefficient (Wildman–Crippen LogP) is 4.47. The van der Waals surface area contributed by atoms with Crippen LogP contribution in [0.2, 0.25) is 0 Å². The Labute approximate surface area is 141 Å². The first-order valence-corrected chi connectivity index (χ1v) is 7.88. The first kappa shape index (κ1) is 17.3. The van der Waals surface area contributed by atoms with Gasteiger partial charge in [-0.2, -0.15) is 0 Å². The minimum absolute atomic E-state index is 0.0362. The highest BCUT2D eigenvalue weighted by molar-refractivity contribution is 6.55. The van der Waals surface area contributed by atoms with Gasteiger partial charge < -0.3 is 9.47 Å². The zero-order valence-electron chi connectivity index (χ0n) is 12.9. The van der Waals surface area contributed by atoms with Crippen molar-refractivity contribution < 1.29 is 14.3 Å². The largest absolute Gasteiger partial charge is 0.461 e. The smallest absolute Gasteiger partial charge is 0.310 e. The van der Waals surface area contributed by atoms with Gasteiger partial charge in [-0.3, -0.25) is 4.79 Å². The van der Waals surface area contributed by atoms with Crippen LogP contribution in [-0.4, -0.2) is 13.1 Å². The Kier molecular flexibility index (Phi) is 5.54. The molecule has 2 atom stereocenters. The van der Waals surface area contributed by atoms with Crippen LogP contribution in [0.3, 0.4) is 0 Å². The van der Waals surface area contributed by atoms with E-state index in [0.717, 1.165) is 11.1 Å². The van der Waals surface area contributed by atoms with E-state index in [0.29, 0.717) is 6.61 Å². The topological polar surface area (TPSA) is 35.5 Å². The van der Waals surface area contributed by atoms with Gasteiger partial charge in [-0.25, -0.2) is 0 Å². The number of carbonyl (C=O) groups is 1. The molecule has 0 heterocycles. The minimum atomic E-state index is -0.207. The van der Waals surface area contributed by atoms with Crippen molar-refractivity contribution in [3.63, 3.8) is 0 Å². The van der Waals surface area contributed by atoms with Gasteiger partial charge >= 0.3 is 5.97 Å². The van der Waals surface area contributed by atoms with E-state index < -0.39 is 0 Å². The standard InChI is InChI=1S/C17H20Cl2O3/c1-17(2)13(8-14(18)19)15(17)16(20)22-10-12-6-4-11(5-7-12)9-21-3/h4-8,13,15H,9-10H2,1-3H3. The number of hydrogen-bond donors (Lipinski definition) is 0. The Morgan fingerprint density at radius 1 is 1.18 bits per heavy atom. The van der Waals surface area contributed by atoms with E-state index in [2.05, 4.69) is 0 Å². The maximum atomic E-state index is 12.2. The highest BCUT2D eigenvalue weighted by Crippen LogP contribution is 2.60. The average Bonchev–Trinajstić information content (AvgIpc) is 2.98. The zero-order chi connectivity index (χ0) is 16.3. The second kappa shape index (κ2) is 7.03. The number of allylic oxidation sites excluding steroid dienone is 1. The van der Waals surface area contributed by atoms with Gasteiger partial charge in [0.05, 0.1) is 12.5 Å². The molecule has 1 aliphatic carbocycles. The molecule has 1 fully saturated rings. The van der Waals surface area contributed by atoms with Crippen LogP contribution in [0.25, 0.3) is 0 Å². The van der Waals surface area contributed by atoms with Crippen molar-refractivity contribution in [3.05, 3.63) is 46.0 Å². The number of benzene rings is 1. The summed E-state index contributed by atoms with van der Waals surface area (Å²) >= 11 is 11.4. The number of methoxy groups -OCH3 is 1. The number of ether oxygens (including phenoxy) is 2. The van der Waals surface area contributed by atoms with Crippen molar-refractivity contribution in [1.29, 1.82) is 0 Å². The Balaban J connectivity index is 1.89. The van der Waals surface area contributed by atoms with Gasteiger partial charge in [-0.15, -0.1) is 0 Å². The molecule has 3 nitrogen and oxygen atoms in total. The Hall–Kier alpha value is -1.03. The molecule has 22 heavy (non-hydrogen) atoms. The lowest BCUT2D eigenvalue weighted by molar-refractivity contribution is -0.147. The van der Waals surface area contributed by atoms with E-state index in [1.54, 1.807) is 13.2 Å². The van der Waals surface area contributed by atoms with Gasteiger partial charge in [-0.05, 0) is 28.5 Å². The summed E-state index contributed by atoms with van der Waals surface area (Å²) in [6, 6.07) is 7.80. The molecular formula is C17H20Cl2O3. The molecule has 0 aromatic heterocycles. The molecule has 0 amide bonds. The fourth-order valence-electron chi connectivity index (χ4n) is 2.72. The average molecular weight is 343 g/mol. The van der Waals surface area contributed by atoms with Crippen molar-refractivity contribution in [2.24, 2.45) is 17.3 Å². The molecule has 0 aliphatic heterocycles. The first-order chi connectivity index (χ1) is 10.4. The molecule has 0 radical (unpaired) electrons. The van der Waals surface area contributed by atoms with E-state index in [1.807, 2.05) is 38.1 Å². The lowest BCUT2D eigenvalue weighted by atomic mass is 10.1. The second-order valence-corrected chi connectivity index (χ2v) is 7.15. The van der Waals surface area contributed by atoms with Crippen LogP contribution in [0.5, 0.6) is 0 Å². The van der Waals surface area contributed by atoms with Crippen LogP contribution >= 0.6 is 23.2 Å². The summed E-state index contributed by atoms with van der Waals surface area (Å²) in [6.07, 6.45) is 1.72. The normalized spacial score (nSPS) is 22.0. The minimum Gasteiger partial charge on any atom is -0.461 e. The van der Waals surface area contributed by atoms with Crippen molar-refractivity contribution in [2.45, 2.75) is 27.1 Å². The number of halogens is 2. The fraction of sp³-hybridized carbons (Fsp3) is 0.471. The fourth-order valence-corrected chi connectivity index (χ4v) is 2.99. The predicted molar refractivity (Wildman–Crippen MR) is 87.5 cm³/mol. The van der Waals surface area contributed by atoms with Gasteiger partial charge in [0.1, 0.15) is 11.1 Å². The summed E-state index contributed by atoms with van der Waals surface area (Å²) in [5.74, 6) is -0.358. The molecule has 0 bridgehead atoms. The van der Waals surface area contributed by atoms with Crippen LogP contribution in [0.4, 0.5) is 0 Å². The van der Waals surface area contributed by atoms with Crippen molar-refractivity contribution in [1.82, 2.24) is 0 Å². The van der Waals surface area contributed by atoms with Gasteiger partial charge in [0.25, 0.3) is 0 Å². The molecule has 1 aromatic rings. The van der Waals surface area contributed by atoms with E-state index >= 15 is 0 Å². The summed E-state index contributed by atoms with van der Waals surface area (Å²) < 4.78 is 10.7. The first-order valence-electron chi connectivity index (χ1n) is 7.12. The van der Waals surface area contributed by atoms with Crippen molar-refractivity contribution in [2.75, 3.05) is 7.11 Å². The van der Waals surface area contributed by atoms with Gasteiger partial charge in [0.2, 0.25) is 0 Å². The van der Waals surface area contributed by atoms with Crippen LogP contribution < -0.4 is 0 Å². The maximum Gasteiger partial charge on any atom is 0.310 e. The molecule has 1 aliphatic rings. The quantitative estimate of drug-likeness (QED) is 0.715. The molecular weight excluding hydrogens is 323 g/mol. The van der Waals surface area contributed by atoms with Crippen molar-refractivity contribution >= 4 is 29.2 Å². The second-order valence-electron chi connectivity index (χ2n) is 6.14. The molecule has 120 valence electrons.